The number of hydrogen-bond donors (Lipinski definition) is 1. The van der Waals surface area contributed by atoms with Gasteiger partial charge >= 0.3 is 0 Å². The van der Waals surface area contributed by atoms with E-state index in [4.69, 9.17) is 5.73 Å². The summed E-state index contributed by atoms with van der Waals surface area (Å²) in [7, 11) is 0. The van der Waals surface area contributed by atoms with E-state index in [1.165, 1.54) is 24.0 Å². The van der Waals surface area contributed by atoms with E-state index in [9.17, 15) is 0 Å². The lowest BCUT2D eigenvalue weighted by Crippen LogP contribution is -2.55. The van der Waals surface area contributed by atoms with Gasteiger partial charge in [-0.15, -0.1) is 0 Å². The quantitative estimate of drug-likeness (QED) is 0.470. The largest absolute Gasteiger partial charge is 0.321 e. The average Bonchev–Trinajstić information content (AvgIpc) is 2.48. The molecule has 2 N–H and O–H groups in total. The lowest BCUT2D eigenvalue weighted by atomic mass is 9.58. The van der Waals surface area contributed by atoms with Gasteiger partial charge < -0.3 is 5.73 Å². The van der Waals surface area contributed by atoms with E-state index < -0.39 is 0 Å². The molecule has 1 rings (SSSR count). The molecule has 138 valence electrons. The third-order valence-corrected chi connectivity index (χ3v) is 6.28. The van der Waals surface area contributed by atoms with Crippen molar-refractivity contribution >= 4 is 0 Å². The molecule has 24 heavy (non-hydrogen) atoms. The molecule has 5 atom stereocenters. The van der Waals surface area contributed by atoms with Gasteiger partial charge in [0.15, 0.2) is 0 Å². The first-order chi connectivity index (χ1) is 11.2. The minimum Gasteiger partial charge on any atom is -0.321 e. The van der Waals surface area contributed by atoms with Crippen molar-refractivity contribution in [1.82, 2.24) is 0 Å². The molecule has 1 nitrogen and oxygen atoms in total. The summed E-state index contributed by atoms with van der Waals surface area (Å²) in [6.45, 7) is 24.3. The number of rotatable bonds is 9. The average molecular weight is 332 g/mol. The predicted molar refractivity (Wildman–Crippen MR) is 109 cm³/mol. The Morgan fingerprint density at radius 3 is 2.33 bits per heavy atom. The number of allylic oxidation sites excluding steroid dienone is 2. The molecule has 0 saturated heterocycles. The second kappa shape index (κ2) is 9.04. The van der Waals surface area contributed by atoms with Gasteiger partial charge in [-0.25, -0.2) is 0 Å². The van der Waals surface area contributed by atoms with Gasteiger partial charge in [-0.3, -0.25) is 0 Å². The topological polar surface area (TPSA) is 26.0 Å². The molecule has 1 aliphatic rings. The van der Waals surface area contributed by atoms with Crippen LogP contribution in [0.3, 0.4) is 0 Å². The Hall–Kier alpha value is -0.820. The zero-order chi connectivity index (χ0) is 18.5. The van der Waals surface area contributed by atoms with Crippen LogP contribution in [0.25, 0.3) is 0 Å². The summed E-state index contributed by atoms with van der Waals surface area (Å²) in [5.74, 6) is 2.29. The van der Waals surface area contributed by atoms with Crippen molar-refractivity contribution in [2.45, 2.75) is 85.1 Å². The van der Waals surface area contributed by atoms with Gasteiger partial charge in [0.2, 0.25) is 0 Å². The van der Waals surface area contributed by atoms with Crippen molar-refractivity contribution in [3.8, 4) is 0 Å². The van der Waals surface area contributed by atoms with Gasteiger partial charge in [-0.1, -0.05) is 77.0 Å². The monoisotopic (exact) mass is 331 g/mol. The molecule has 0 heterocycles. The Labute approximate surface area is 151 Å². The van der Waals surface area contributed by atoms with Crippen LogP contribution in [0.5, 0.6) is 0 Å². The normalized spacial score (nSPS) is 31.5. The fourth-order valence-corrected chi connectivity index (χ4v) is 4.99. The van der Waals surface area contributed by atoms with E-state index in [-0.39, 0.29) is 5.54 Å². The van der Waals surface area contributed by atoms with Crippen LogP contribution in [-0.4, -0.2) is 5.54 Å². The highest BCUT2D eigenvalue weighted by molar-refractivity contribution is 5.23. The molecule has 1 aliphatic carbocycles. The fraction of sp³-hybridized carbons (Fsp3) is 0.739. The molecule has 0 radical (unpaired) electrons. The van der Waals surface area contributed by atoms with Gasteiger partial charge in [0.1, 0.15) is 0 Å². The van der Waals surface area contributed by atoms with Crippen molar-refractivity contribution in [2.75, 3.05) is 0 Å². The zero-order valence-corrected chi connectivity index (χ0v) is 17.0. The lowest BCUT2D eigenvalue weighted by molar-refractivity contribution is 0.110. The van der Waals surface area contributed by atoms with Crippen LogP contribution in [0.1, 0.15) is 79.6 Å². The summed E-state index contributed by atoms with van der Waals surface area (Å²) >= 11 is 0. The first-order valence-corrected chi connectivity index (χ1v) is 9.96. The van der Waals surface area contributed by atoms with Crippen LogP contribution in [0.4, 0.5) is 0 Å². The Balaban J connectivity index is 2.85. The van der Waals surface area contributed by atoms with Crippen LogP contribution >= 0.6 is 0 Å². The van der Waals surface area contributed by atoms with E-state index in [0.29, 0.717) is 23.7 Å². The van der Waals surface area contributed by atoms with E-state index in [0.717, 1.165) is 37.7 Å². The van der Waals surface area contributed by atoms with Crippen LogP contribution in [0, 0.1) is 23.7 Å². The van der Waals surface area contributed by atoms with E-state index in [1.807, 2.05) is 0 Å². The summed E-state index contributed by atoms with van der Waals surface area (Å²) in [5, 5.41) is 0. The Bertz CT molecular complexity index is 461. The maximum absolute atomic E-state index is 6.84. The molecule has 0 amide bonds. The summed E-state index contributed by atoms with van der Waals surface area (Å²) in [5.41, 5.74) is 10.6. The fourth-order valence-electron chi connectivity index (χ4n) is 4.99. The van der Waals surface area contributed by atoms with E-state index >= 15 is 0 Å². The van der Waals surface area contributed by atoms with Gasteiger partial charge in [0.05, 0.1) is 0 Å². The molecular formula is C23H41N. The van der Waals surface area contributed by atoms with Gasteiger partial charge in [-0.2, -0.15) is 0 Å². The molecular weight excluding hydrogens is 290 g/mol. The molecule has 0 aromatic carbocycles. The standard InChI is InChI=1S/C23H41N/c1-9-11-17(5)14-18(6)15-20(8)22-19(7)12-13-23(24,16(3)4)21(22)10-2/h18-19,21-22H,3,5,8-15,24H2,1-2,4,6-7H3. The highest BCUT2D eigenvalue weighted by Gasteiger charge is 2.46. The number of hydrogen-bond acceptors (Lipinski definition) is 1. The zero-order valence-electron chi connectivity index (χ0n) is 17.0. The molecule has 0 aromatic heterocycles. The summed E-state index contributed by atoms with van der Waals surface area (Å²) in [6.07, 6.45) is 7.91. The molecule has 0 aromatic rings. The SMILES string of the molecule is C=C(CCC)CC(C)CC(=C)C1C(C)CCC(N)(C(=C)C)C1CC. The van der Waals surface area contributed by atoms with Crippen molar-refractivity contribution < 1.29 is 0 Å². The van der Waals surface area contributed by atoms with Crippen molar-refractivity contribution in [1.29, 1.82) is 0 Å². The predicted octanol–water partition coefficient (Wildman–Crippen LogP) is 6.66. The van der Waals surface area contributed by atoms with E-state index in [2.05, 4.69) is 54.4 Å². The summed E-state index contributed by atoms with van der Waals surface area (Å²) < 4.78 is 0. The van der Waals surface area contributed by atoms with Gasteiger partial charge in [0, 0.05) is 5.54 Å². The second-order valence-corrected chi connectivity index (χ2v) is 8.55. The van der Waals surface area contributed by atoms with Crippen LogP contribution in [-0.2, 0) is 0 Å². The third-order valence-electron chi connectivity index (χ3n) is 6.28. The number of nitrogens with two attached hydrogens (primary N) is 1. The smallest absolute Gasteiger partial charge is 0.0397 e. The molecule has 1 fully saturated rings. The third kappa shape index (κ3) is 4.85. The summed E-state index contributed by atoms with van der Waals surface area (Å²) in [4.78, 5) is 0. The minimum absolute atomic E-state index is 0.218. The van der Waals surface area contributed by atoms with Crippen LogP contribution in [0.2, 0.25) is 0 Å². The Morgan fingerprint density at radius 1 is 1.21 bits per heavy atom. The van der Waals surface area contributed by atoms with Gasteiger partial charge in [-0.05, 0) is 62.7 Å². The lowest BCUT2D eigenvalue weighted by Gasteiger charge is -2.50. The van der Waals surface area contributed by atoms with E-state index in [1.54, 1.807) is 0 Å². The highest BCUT2D eigenvalue weighted by atomic mass is 14.8. The minimum atomic E-state index is -0.218. The molecule has 1 saturated carbocycles. The summed E-state index contributed by atoms with van der Waals surface area (Å²) in [6, 6.07) is 0. The highest BCUT2D eigenvalue weighted by Crippen LogP contribution is 2.48. The van der Waals surface area contributed by atoms with Crippen molar-refractivity contribution in [3.63, 3.8) is 0 Å². The van der Waals surface area contributed by atoms with Crippen molar-refractivity contribution in [3.05, 3.63) is 36.5 Å². The first kappa shape index (κ1) is 21.2. The first-order valence-electron chi connectivity index (χ1n) is 9.96. The molecule has 0 aliphatic heterocycles. The molecule has 5 unspecified atom stereocenters. The van der Waals surface area contributed by atoms with Gasteiger partial charge in [0.25, 0.3) is 0 Å². The Kier molecular flexibility index (Phi) is 7.99. The molecule has 1 heteroatoms. The maximum Gasteiger partial charge on any atom is 0.0397 e. The Morgan fingerprint density at radius 2 is 1.83 bits per heavy atom. The maximum atomic E-state index is 6.84. The molecule has 0 spiro atoms. The van der Waals surface area contributed by atoms with Crippen molar-refractivity contribution in [2.24, 2.45) is 29.4 Å². The molecule has 0 bridgehead atoms. The second-order valence-electron chi connectivity index (χ2n) is 8.55. The van der Waals surface area contributed by atoms with Crippen LogP contribution in [0.15, 0.2) is 36.5 Å². The van der Waals surface area contributed by atoms with Crippen LogP contribution < -0.4 is 5.73 Å².